The third kappa shape index (κ3) is 2.66. The van der Waals surface area contributed by atoms with Gasteiger partial charge in [-0.2, -0.15) is 0 Å². The second-order valence-corrected chi connectivity index (χ2v) is 5.97. The lowest BCUT2D eigenvalue weighted by Crippen LogP contribution is -2.59. The number of hydrogen-bond acceptors (Lipinski definition) is 3. The molecule has 0 aromatic heterocycles. The molecular formula is C13H22N2O3. The van der Waals surface area contributed by atoms with Gasteiger partial charge in [0.2, 0.25) is 5.91 Å². The minimum Gasteiger partial charge on any atom is -0.481 e. The van der Waals surface area contributed by atoms with E-state index in [1.807, 2.05) is 6.92 Å². The van der Waals surface area contributed by atoms with Gasteiger partial charge in [0.05, 0.1) is 12.0 Å². The standard InChI is InChI=1S/C13H22N2O3/c1-12(5-7-14-8-6-12)11(18)15-13(3-2-4-13)9-10(16)17/h14H,2-9H2,1H3,(H,15,18)(H,16,17). The van der Waals surface area contributed by atoms with E-state index >= 15 is 0 Å². The number of rotatable bonds is 4. The van der Waals surface area contributed by atoms with Gasteiger partial charge >= 0.3 is 5.97 Å². The third-order valence-corrected chi connectivity index (χ3v) is 4.43. The van der Waals surface area contributed by atoms with Crippen molar-refractivity contribution < 1.29 is 14.7 Å². The van der Waals surface area contributed by atoms with Crippen LogP contribution in [0.15, 0.2) is 0 Å². The Labute approximate surface area is 107 Å². The molecular weight excluding hydrogens is 232 g/mol. The van der Waals surface area contributed by atoms with Crippen LogP contribution in [0.1, 0.15) is 45.4 Å². The highest BCUT2D eigenvalue weighted by Crippen LogP contribution is 2.37. The summed E-state index contributed by atoms with van der Waals surface area (Å²) in [5.41, 5.74) is -0.816. The van der Waals surface area contributed by atoms with Crippen molar-refractivity contribution in [3.05, 3.63) is 0 Å². The summed E-state index contributed by atoms with van der Waals surface area (Å²) >= 11 is 0. The average molecular weight is 254 g/mol. The average Bonchev–Trinajstić information content (AvgIpc) is 2.26. The molecule has 2 rings (SSSR count). The molecule has 0 aromatic carbocycles. The number of hydrogen-bond donors (Lipinski definition) is 3. The van der Waals surface area contributed by atoms with Gasteiger partial charge in [0.15, 0.2) is 0 Å². The topological polar surface area (TPSA) is 78.4 Å². The molecule has 2 fully saturated rings. The van der Waals surface area contributed by atoms with Crippen LogP contribution in [0.4, 0.5) is 0 Å². The molecule has 5 nitrogen and oxygen atoms in total. The van der Waals surface area contributed by atoms with Crippen LogP contribution in [-0.4, -0.2) is 35.6 Å². The smallest absolute Gasteiger partial charge is 0.305 e. The summed E-state index contributed by atoms with van der Waals surface area (Å²) in [4.78, 5) is 23.3. The molecule has 0 unspecified atom stereocenters. The zero-order valence-electron chi connectivity index (χ0n) is 10.9. The van der Waals surface area contributed by atoms with E-state index in [0.717, 1.165) is 45.2 Å². The predicted molar refractivity (Wildman–Crippen MR) is 67.2 cm³/mol. The van der Waals surface area contributed by atoms with Gasteiger partial charge in [-0.25, -0.2) is 0 Å². The number of carboxylic acid groups (broad SMARTS) is 1. The fraction of sp³-hybridized carbons (Fsp3) is 0.846. The van der Waals surface area contributed by atoms with Crippen molar-refractivity contribution in [3.63, 3.8) is 0 Å². The summed E-state index contributed by atoms with van der Waals surface area (Å²) in [7, 11) is 0. The molecule has 0 radical (unpaired) electrons. The van der Waals surface area contributed by atoms with E-state index in [2.05, 4.69) is 10.6 Å². The van der Waals surface area contributed by atoms with Gasteiger partial charge in [-0.05, 0) is 45.2 Å². The molecule has 1 aliphatic heterocycles. The molecule has 2 aliphatic rings. The highest BCUT2D eigenvalue weighted by atomic mass is 16.4. The Morgan fingerprint density at radius 1 is 1.22 bits per heavy atom. The SMILES string of the molecule is CC1(C(=O)NC2(CC(=O)O)CCC2)CCNCC1. The van der Waals surface area contributed by atoms with Gasteiger partial charge in [0.1, 0.15) is 0 Å². The molecule has 0 bridgehead atoms. The van der Waals surface area contributed by atoms with Crippen LogP contribution in [0, 0.1) is 5.41 Å². The lowest BCUT2D eigenvalue weighted by Gasteiger charge is -2.44. The Hall–Kier alpha value is -1.10. The predicted octanol–water partition coefficient (Wildman–Crippen LogP) is 0.890. The van der Waals surface area contributed by atoms with E-state index in [0.29, 0.717) is 0 Å². The fourth-order valence-electron chi connectivity index (χ4n) is 2.84. The highest BCUT2D eigenvalue weighted by Gasteiger charge is 2.44. The summed E-state index contributed by atoms with van der Waals surface area (Å²) in [5.74, 6) is -0.796. The number of carbonyl (C=O) groups excluding carboxylic acids is 1. The summed E-state index contributed by atoms with van der Waals surface area (Å²) in [6.45, 7) is 3.70. The molecule has 3 N–H and O–H groups in total. The maximum Gasteiger partial charge on any atom is 0.305 e. The third-order valence-electron chi connectivity index (χ3n) is 4.43. The van der Waals surface area contributed by atoms with Crippen molar-refractivity contribution in [3.8, 4) is 0 Å². The summed E-state index contributed by atoms with van der Waals surface area (Å²) < 4.78 is 0. The zero-order valence-corrected chi connectivity index (χ0v) is 10.9. The van der Waals surface area contributed by atoms with E-state index in [4.69, 9.17) is 5.11 Å². The Bertz CT molecular complexity index is 344. The molecule has 102 valence electrons. The van der Waals surface area contributed by atoms with E-state index in [-0.39, 0.29) is 17.7 Å². The van der Waals surface area contributed by atoms with Crippen LogP contribution in [0.2, 0.25) is 0 Å². The van der Waals surface area contributed by atoms with Crippen molar-refractivity contribution in [1.29, 1.82) is 0 Å². The van der Waals surface area contributed by atoms with Gasteiger partial charge in [-0.1, -0.05) is 6.92 Å². The summed E-state index contributed by atoms with van der Waals surface area (Å²) in [6.07, 6.45) is 4.28. The van der Waals surface area contributed by atoms with Crippen molar-refractivity contribution in [2.24, 2.45) is 5.41 Å². The molecule has 1 saturated heterocycles. The Balaban J connectivity index is 1.98. The molecule has 5 heteroatoms. The van der Waals surface area contributed by atoms with Crippen LogP contribution < -0.4 is 10.6 Å². The number of carboxylic acids is 1. The van der Waals surface area contributed by atoms with E-state index < -0.39 is 11.5 Å². The van der Waals surface area contributed by atoms with Crippen molar-refractivity contribution in [1.82, 2.24) is 10.6 Å². The Morgan fingerprint density at radius 2 is 1.83 bits per heavy atom. The largest absolute Gasteiger partial charge is 0.481 e. The number of piperidine rings is 1. The normalized spacial score (nSPS) is 24.9. The molecule has 0 atom stereocenters. The monoisotopic (exact) mass is 254 g/mol. The number of amides is 1. The molecule has 1 saturated carbocycles. The first-order valence-corrected chi connectivity index (χ1v) is 6.71. The first-order chi connectivity index (χ1) is 8.46. The maximum atomic E-state index is 12.4. The van der Waals surface area contributed by atoms with Gasteiger partial charge in [0.25, 0.3) is 0 Å². The van der Waals surface area contributed by atoms with Gasteiger partial charge in [-0.3, -0.25) is 9.59 Å². The first kappa shape index (κ1) is 13.3. The molecule has 0 aromatic rings. The second kappa shape index (κ2) is 4.88. The minimum absolute atomic E-state index is 0.0324. The highest BCUT2D eigenvalue weighted by molar-refractivity contribution is 5.84. The number of carbonyl (C=O) groups is 2. The fourth-order valence-corrected chi connectivity index (χ4v) is 2.84. The van der Waals surface area contributed by atoms with Crippen molar-refractivity contribution in [2.75, 3.05) is 13.1 Å². The molecule has 0 spiro atoms. The lowest BCUT2D eigenvalue weighted by molar-refractivity contribution is -0.142. The molecule has 1 heterocycles. The lowest BCUT2D eigenvalue weighted by atomic mass is 9.72. The summed E-state index contributed by atoms with van der Waals surface area (Å²) in [5, 5.41) is 15.2. The van der Waals surface area contributed by atoms with Crippen LogP contribution in [-0.2, 0) is 9.59 Å². The van der Waals surface area contributed by atoms with Gasteiger partial charge in [0, 0.05) is 5.41 Å². The molecule has 1 aliphatic carbocycles. The Kier molecular flexibility index (Phi) is 3.61. The zero-order chi connectivity index (χ0) is 13.2. The van der Waals surface area contributed by atoms with E-state index in [1.54, 1.807) is 0 Å². The van der Waals surface area contributed by atoms with Crippen LogP contribution >= 0.6 is 0 Å². The van der Waals surface area contributed by atoms with Crippen molar-refractivity contribution in [2.45, 2.75) is 51.0 Å². The van der Waals surface area contributed by atoms with Crippen LogP contribution in [0.3, 0.4) is 0 Å². The van der Waals surface area contributed by atoms with E-state index in [9.17, 15) is 9.59 Å². The number of aliphatic carboxylic acids is 1. The second-order valence-electron chi connectivity index (χ2n) is 5.97. The molecule has 1 amide bonds. The van der Waals surface area contributed by atoms with Crippen LogP contribution in [0.25, 0.3) is 0 Å². The first-order valence-electron chi connectivity index (χ1n) is 6.71. The maximum absolute atomic E-state index is 12.4. The van der Waals surface area contributed by atoms with Crippen molar-refractivity contribution >= 4 is 11.9 Å². The summed E-state index contributed by atoms with van der Waals surface area (Å²) in [6, 6.07) is 0. The quantitative estimate of drug-likeness (QED) is 0.696. The number of nitrogens with one attached hydrogen (secondary N) is 2. The molecule has 18 heavy (non-hydrogen) atoms. The minimum atomic E-state index is -0.828. The van der Waals surface area contributed by atoms with Gasteiger partial charge in [-0.15, -0.1) is 0 Å². The Morgan fingerprint density at radius 3 is 2.28 bits per heavy atom. The van der Waals surface area contributed by atoms with Crippen LogP contribution in [0.5, 0.6) is 0 Å². The van der Waals surface area contributed by atoms with E-state index in [1.165, 1.54) is 0 Å². The van der Waals surface area contributed by atoms with Gasteiger partial charge < -0.3 is 15.7 Å².